The molecule has 3 aromatic rings. The summed E-state index contributed by atoms with van der Waals surface area (Å²) in [5.74, 6) is 1.56. The highest BCUT2D eigenvalue weighted by molar-refractivity contribution is 9.10. The molecule has 0 spiro atoms. The molecule has 0 aliphatic carbocycles. The number of nitrogens with zero attached hydrogens (tertiary/aromatic N) is 3. The summed E-state index contributed by atoms with van der Waals surface area (Å²) in [5, 5.41) is 12.8. The smallest absolute Gasteiger partial charge is 0.234 e. The van der Waals surface area contributed by atoms with Crippen molar-refractivity contribution in [1.29, 1.82) is 0 Å². The molecule has 30 heavy (non-hydrogen) atoms. The highest BCUT2D eigenvalue weighted by atomic mass is 79.9. The lowest BCUT2D eigenvalue weighted by Crippen LogP contribution is -2.15. The normalized spacial score (nSPS) is 11.9. The van der Waals surface area contributed by atoms with Gasteiger partial charge in [0.1, 0.15) is 5.75 Å². The first-order valence-corrected chi connectivity index (χ1v) is 11.6. The van der Waals surface area contributed by atoms with E-state index in [1.54, 1.807) is 0 Å². The fourth-order valence-corrected chi connectivity index (χ4v) is 4.00. The fraction of sp³-hybridized carbons (Fsp3) is 0.286. The summed E-state index contributed by atoms with van der Waals surface area (Å²) in [6.07, 6.45) is -0.302. The fourth-order valence-electron chi connectivity index (χ4n) is 2.81. The number of hydrogen-bond donors (Lipinski definition) is 1. The summed E-state index contributed by atoms with van der Waals surface area (Å²) in [5.41, 5.74) is 1.70. The van der Waals surface area contributed by atoms with Gasteiger partial charge in [-0.15, -0.1) is 10.2 Å². The Labute approximate surface area is 193 Å². The highest BCUT2D eigenvalue weighted by Gasteiger charge is 2.19. The van der Waals surface area contributed by atoms with Crippen molar-refractivity contribution >= 4 is 50.9 Å². The minimum Gasteiger partial charge on any atom is -0.483 e. The predicted molar refractivity (Wildman–Crippen MR) is 124 cm³/mol. The number of aromatic nitrogens is 3. The number of nitrogens with one attached hydrogen (secondary N) is 1. The van der Waals surface area contributed by atoms with Gasteiger partial charge in [-0.25, -0.2) is 0 Å². The number of hydrogen-bond acceptors (Lipinski definition) is 5. The number of halogens is 2. The molecule has 9 heteroatoms. The van der Waals surface area contributed by atoms with E-state index in [9.17, 15) is 4.79 Å². The third-order valence-corrected chi connectivity index (χ3v) is 6.25. The van der Waals surface area contributed by atoms with E-state index in [4.69, 9.17) is 16.3 Å². The van der Waals surface area contributed by atoms with Crippen molar-refractivity contribution in [2.24, 2.45) is 0 Å². The minimum absolute atomic E-state index is 0.101. The van der Waals surface area contributed by atoms with Crippen LogP contribution in [0, 0.1) is 6.92 Å². The summed E-state index contributed by atoms with van der Waals surface area (Å²) >= 11 is 10.8. The first-order valence-electron chi connectivity index (χ1n) is 9.41. The van der Waals surface area contributed by atoms with E-state index >= 15 is 0 Å². The molecule has 1 atom stereocenters. The Kier molecular flexibility index (Phi) is 7.80. The van der Waals surface area contributed by atoms with Gasteiger partial charge in [-0.2, -0.15) is 0 Å². The van der Waals surface area contributed by atoms with E-state index in [1.807, 2.05) is 67.8 Å². The third-order valence-electron chi connectivity index (χ3n) is 4.33. The van der Waals surface area contributed by atoms with E-state index < -0.39 is 0 Å². The molecule has 0 saturated heterocycles. The molecular weight excluding hydrogens is 488 g/mol. The molecule has 0 bridgehead atoms. The number of rotatable bonds is 8. The molecule has 3 rings (SSSR count). The van der Waals surface area contributed by atoms with Crippen molar-refractivity contribution in [2.75, 3.05) is 11.1 Å². The summed E-state index contributed by atoms with van der Waals surface area (Å²) < 4.78 is 8.96. The van der Waals surface area contributed by atoms with Crippen LogP contribution in [0.3, 0.4) is 0 Å². The second-order valence-corrected chi connectivity index (χ2v) is 8.87. The van der Waals surface area contributed by atoms with E-state index in [1.165, 1.54) is 11.8 Å². The van der Waals surface area contributed by atoms with E-state index in [0.717, 1.165) is 21.5 Å². The first-order chi connectivity index (χ1) is 14.4. The number of anilines is 1. The molecule has 1 aromatic heterocycles. The quantitative estimate of drug-likeness (QED) is 0.383. The number of carbonyl (C=O) groups is 1. The maximum absolute atomic E-state index is 12.3. The average Bonchev–Trinajstić information content (AvgIpc) is 3.14. The Morgan fingerprint density at radius 2 is 2.00 bits per heavy atom. The Balaban J connectivity index is 1.63. The van der Waals surface area contributed by atoms with Gasteiger partial charge < -0.3 is 14.6 Å². The maximum Gasteiger partial charge on any atom is 0.234 e. The molecule has 2 aromatic carbocycles. The van der Waals surface area contributed by atoms with Crippen LogP contribution in [0.5, 0.6) is 5.75 Å². The third kappa shape index (κ3) is 5.77. The van der Waals surface area contributed by atoms with Gasteiger partial charge in [-0.05, 0) is 68.8 Å². The summed E-state index contributed by atoms with van der Waals surface area (Å²) in [6, 6.07) is 13.0. The van der Waals surface area contributed by atoms with Crippen LogP contribution in [0.2, 0.25) is 5.02 Å². The molecule has 0 aliphatic heterocycles. The van der Waals surface area contributed by atoms with Gasteiger partial charge >= 0.3 is 0 Å². The van der Waals surface area contributed by atoms with Gasteiger partial charge in [-0.3, -0.25) is 4.79 Å². The van der Waals surface area contributed by atoms with Crippen LogP contribution < -0.4 is 10.1 Å². The molecule has 158 valence electrons. The first kappa shape index (κ1) is 22.7. The van der Waals surface area contributed by atoms with Gasteiger partial charge in [0.15, 0.2) is 17.1 Å². The topological polar surface area (TPSA) is 69.0 Å². The van der Waals surface area contributed by atoms with Gasteiger partial charge in [0, 0.05) is 21.7 Å². The number of ether oxygens (including phenoxy) is 1. The zero-order chi connectivity index (χ0) is 21.7. The van der Waals surface area contributed by atoms with Crippen LogP contribution in [0.1, 0.15) is 31.3 Å². The van der Waals surface area contributed by atoms with Crippen molar-refractivity contribution in [2.45, 2.75) is 38.6 Å². The average molecular weight is 510 g/mol. The van der Waals surface area contributed by atoms with Crippen LogP contribution >= 0.6 is 39.3 Å². The molecule has 1 amide bonds. The Morgan fingerprint density at radius 1 is 1.27 bits per heavy atom. The molecule has 1 unspecified atom stereocenters. The zero-order valence-electron chi connectivity index (χ0n) is 16.9. The largest absolute Gasteiger partial charge is 0.483 e. The molecular formula is C21H22BrClN4O2S. The minimum atomic E-state index is -0.302. The van der Waals surface area contributed by atoms with Crippen molar-refractivity contribution in [3.8, 4) is 5.75 Å². The van der Waals surface area contributed by atoms with Crippen LogP contribution in [-0.4, -0.2) is 26.4 Å². The molecule has 6 nitrogen and oxygen atoms in total. The van der Waals surface area contributed by atoms with Crippen LogP contribution in [0.4, 0.5) is 5.69 Å². The lowest BCUT2D eigenvalue weighted by atomic mass is 10.2. The van der Waals surface area contributed by atoms with Crippen LogP contribution in [-0.2, 0) is 11.3 Å². The second kappa shape index (κ2) is 10.3. The van der Waals surface area contributed by atoms with Crippen molar-refractivity contribution in [1.82, 2.24) is 14.8 Å². The van der Waals surface area contributed by atoms with E-state index in [2.05, 4.69) is 31.4 Å². The second-order valence-electron chi connectivity index (χ2n) is 6.60. The van der Waals surface area contributed by atoms with Crippen LogP contribution in [0.15, 0.2) is 52.1 Å². The summed E-state index contributed by atoms with van der Waals surface area (Å²) in [6.45, 7) is 6.54. The summed E-state index contributed by atoms with van der Waals surface area (Å²) in [4.78, 5) is 12.3. The van der Waals surface area contributed by atoms with Gasteiger partial charge in [0.2, 0.25) is 5.91 Å². The number of carbonyl (C=O) groups excluding carboxylic acids is 1. The molecule has 0 saturated carbocycles. The van der Waals surface area contributed by atoms with Gasteiger partial charge in [0.25, 0.3) is 0 Å². The van der Waals surface area contributed by atoms with Crippen LogP contribution in [0.25, 0.3) is 0 Å². The van der Waals surface area contributed by atoms with E-state index in [0.29, 0.717) is 22.5 Å². The van der Waals surface area contributed by atoms with Crippen molar-refractivity contribution < 1.29 is 9.53 Å². The SMILES string of the molecule is CCn1c(SCC(=O)Nc2ccc(Br)cc2)nnc1C(C)Oc1ccc(Cl)c(C)c1. The predicted octanol–water partition coefficient (Wildman–Crippen LogP) is 5.89. The van der Waals surface area contributed by atoms with Gasteiger partial charge in [0.05, 0.1) is 5.75 Å². The highest BCUT2D eigenvalue weighted by Crippen LogP contribution is 2.27. The molecule has 1 heterocycles. The van der Waals surface area contributed by atoms with Crippen molar-refractivity contribution in [3.63, 3.8) is 0 Å². The molecule has 0 aliphatic rings. The molecule has 1 N–H and O–H groups in total. The Bertz CT molecular complexity index is 1030. The number of thioether (sulfide) groups is 1. The lowest BCUT2D eigenvalue weighted by Gasteiger charge is -2.16. The zero-order valence-corrected chi connectivity index (χ0v) is 20.0. The maximum atomic E-state index is 12.3. The molecule has 0 radical (unpaired) electrons. The number of aryl methyl sites for hydroxylation is 1. The number of amides is 1. The lowest BCUT2D eigenvalue weighted by molar-refractivity contribution is -0.113. The standard InChI is InChI=1S/C21H22BrClN4O2S/c1-4-27-20(14(3)29-17-9-10-18(23)13(2)11-17)25-26-21(27)30-12-19(28)24-16-7-5-15(22)6-8-16/h5-11,14H,4,12H2,1-3H3,(H,24,28). The Hall–Kier alpha value is -2.03. The monoisotopic (exact) mass is 508 g/mol. The number of benzene rings is 2. The van der Waals surface area contributed by atoms with Crippen molar-refractivity contribution in [3.05, 3.63) is 63.3 Å². The Morgan fingerprint density at radius 3 is 2.67 bits per heavy atom. The molecule has 0 fully saturated rings. The van der Waals surface area contributed by atoms with Gasteiger partial charge in [-0.1, -0.05) is 39.3 Å². The summed E-state index contributed by atoms with van der Waals surface area (Å²) in [7, 11) is 0. The van der Waals surface area contributed by atoms with E-state index in [-0.39, 0.29) is 17.8 Å².